The Bertz CT molecular complexity index is 463. The molecule has 0 aliphatic rings. The first-order valence-corrected chi connectivity index (χ1v) is 6.42. The SMILES string of the molecule is CNc1cccc(S(=O)(=O)NC(C)(C)C)n1. The Morgan fingerprint density at radius 3 is 2.38 bits per heavy atom. The quantitative estimate of drug-likeness (QED) is 0.837. The van der Waals surface area contributed by atoms with Crippen LogP contribution in [0.4, 0.5) is 5.82 Å². The average molecular weight is 243 g/mol. The maximum Gasteiger partial charge on any atom is 0.258 e. The van der Waals surface area contributed by atoms with E-state index in [0.717, 1.165) is 0 Å². The minimum absolute atomic E-state index is 0.0225. The van der Waals surface area contributed by atoms with Gasteiger partial charge in [0.2, 0.25) is 0 Å². The van der Waals surface area contributed by atoms with Crippen LogP contribution >= 0.6 is 0 Å². The Morgan fingerprint density at radius 1 is 1.25 bits per heavy atom. The van der Waals surface area contributed by atoms with Gasteiger partial charge < -0.3 is 5.32 Å². The molecule has 5 nitrogen and oxygen atoms in total. The lowest BCUT2D eigenvalue weighted by molar-refractivity contribution is 0.489. The first-order chi connectivity index (χ1) is 7.24. The number of sulfonamides is 1. The van der Waals surface area contributed by atoms with Crippen LogP contribution in [-0.2, 0) is 10.0 Å². The van der Waals surface area contributed by atoms with Gasteiger partial charge in [0.15, 0.2) is 5.03 Å². The molecule has 0 radical (unpaired) electrons. The fourth-order valence-corrected chi connectivity index (χ4v) is 2.55. The molecule has 1 aromatic heterocycles. The van der Waals surface area contributed by atoms with Crippen molar-refractivity contribution in [3.05, 3.63) is 18.2 Å². The Kier molecular flexibility index (Phi) is 3.54. The number of rotatable bonds is 3. The Morgan fingerprint density at radius 2 is 1.88 bits per heavy atom. The lowest BCUT2D eigenvalue weighted by Crippen LogP contribution is -2.40. The minimum Gasteiger partial charge on any atom is -0.373 e. The number of nitrogens with one attached hydrogen (secondary N) is 2. The van der Waals surface area contributed by atoms with Crippen molar-refractivity contribution < 1.29 is 8.42 Å². The molecule has 16 heavy (non-hydrogen) atoms. The predicted molar refractivity (Wildman–Crippen MR) is 63.9 cm³/mol. The third-order valence-electron chi connectivity index (χ3n) is 1.70. The molecule has 2 N–H and O–H groups in total. The van der Waals surface area contributed by atoms with Crippen molar-refractivity contribution in [1.82, 2.24) is 9.71 Å². The van der Waals surface area contributed by atoms with Gasteiger partial charge in [-0.25, -0.2) is 18.1 Å². The van der Waals surface area contributed by atoms with Crippen molar-refractivity contribution in [2.24, 2.45) is 0 Å². The summed E-state index contributed by atoms with van der Waals surface area (Å²) in [5.74, 6) is 0.525. The summed E-state index contributed by atoms with van der Waals surface area (Å²) >= 11 is 0. The summed E-state index contributed by atoms with van der Waals surface area (Å²) < 4.78 is 26.4. The molecular formula is C10H17N3O2S. The van der Waals surface area contributed by atoms with Crippen LogP contribution in [0.3, 0.4) is 0 Å². The number of nitrogens with zero attached hydrogens (tertiary/aromatic N) is 1. The van der Waals surface area contributed by atoms with E-state index < -0.39 is 15.6 Å². The topological polar surface area (TPSA) is 71.1 Å². The van der Waals surface area contributed by atoms with Crippen LogP contribution in [0.2, 0.25) is 0 Å². The van der Waals surface area contributed by atoms with Crippen LogP contribution in [0, 0.1) is 0 Å². The average Bonchev–Trinajstić information content (AvgIpc) is 2.14. The van der Waals surface area contributed by atoms with Gasteiger partial charge in [-0.3, -0.25) is 0 Å². The van der Waals surface area contributed by atoms with E-state index in [1.165, 1.54) is 6.07 Å². The van der Waals surface area contributed by atoms with Crippen LogP contribution < -0.4 is 10.0 Å². The summed E-state index contributed by atoms with van der Waals surface area (Å²) in [6, 6.07) is 4.82. The molecule has 0 aromatic carbocycles. The number of anilines is 1. The van der Waals surface area contributed by atoms with Gasteiger partial charge in [-0.05, 0) is 32.9 Å². The summed E-state index contributed by atoms with van der Waals surface area (Å²) in [5.41, 5.74) is -0.518. The van der Waals surface area contributed by atoms with Crippen LogP contribution in [0.15, 0.2) is 23.2 Å². The zero-order valence-corrected chi connectivity index (χ0v) is 10.7. The fourth-order valence-electron chi connectivity index (χ4n) is 1.16. The standard InChI is InChI=1S/C10H17N3O2S/c1-10(2,3)13-16(14,15)9-7-5-6-8(11-4)12-9/h5-7,13H,1-4H3,(H,11,12). The molecule has 6 heteroatoms. The molecule has 0 atom stereocenters. The Labute approximate surface area is 96.3 Å². The molecule has 0 amide bonds. The van der Waals surface area contributed by atoms with Gasteiger partial charge in [0.25, 0.3) is 10.0 Å². The maximum atomic E-state index is 11.9. The van der Waals surface area contributed by atoms with Gasteiger partial charge in [0, 0.05) is 12.6 Å². The first-order valence-electron chi connectivity index (χ1n) is 4.93. The lowest BCUT2D eigenvalue weighted by Gasteiger charge is -2.19. The van der Waals surface area contributed by atoms with Crippen LogP contribution in [0.5, 0.6) is 0 Å². The van der Waals surface area contributed by atoms with Crippen molar-refractivity contribution in [3.8, 4) is 0 Å². The van der Waals surface area contributed by atoms with Gasteiger partial charge in [0.05, 0.1) is 0 Å². The van der Waals surface area contributed by atoms with Crippen LogP contribution in [0.1, 0.15) is 20.8 Å². The summed E-state index contributed by atoms with van der Waals surface area (Å²) in [7, 11) is -1.86. The van der Waals surface area contributed by atoms with E-state index >= 15 is 0 Å². The normalized spacial score (nSPS) is 12.5. The number of pyridine rings is 1. The monoisotopic (exact) mass is 243 g/mol. The van der Waals surface area contributed by atoms with Gasteiger partial charge in [-0.1, -0.05) is 6.07 Å². The van der Waals surface area contributed by atoms with Gasteiger partial charge in [0.1, 0.15) is 5.82 Å². The van der Waals surface area contributed by atoms with E-state index in [1.54, 1.807) is 40.0 Å². The summed E-state index contributed by atoms with van der Waals surface area (Å²) in [5, 5.41) is 2.82. The molecule has 0 aliphatic carbocycles. The lowest BCUT2D eigenvalue weighted by atomic mass is 10.1. The van der Waals surface area contributed by atoms with Crippen molar-refractivity contribution in [2.75, 3.05) is 12.4 Å². The Balaban J connectivity index is 3.08. The zero-order chi connectivity index (χ0) is 12.4. The highest BCUT2D eigenvalue weighted by molar-refractivity contribution is 7.89. The van der Waals surface area contributed by atoms with Gasteiger partial charge >= 0.3 is 0 Å². The fraction of sp³-hybridized carbons (Fsp3) is 0.500. The molecule has 0 spiro atoms. The summed E-state index contributed by atoms with van der Waals surface area (Å²) in [6.07, 6.45) is 0. The second-order valence-corrected chi connectivity index (χ2v) is 6.10. The van der Waals surface area contributed by atoms with Crippen molar-refractivity contribution in [1.29, 1.82) is 0 Å². The maximum absolute atomic E-state index is 11.9. The highest BCUT2D eigenvalue weighted by Crippen LogP contribution is 2.12. The minimum atomic E-state index is -3.55. The molecule has 0 fully saturated rings. The number of aromatic nitrogens is 1. The van der Waals surface area contributed by atoms with Crippen LogP contribution in [-0.4, -0.2) is 26.0 Å². The Hall–Kier alpha value is -1.14. The predicted octanol–water partition coefficient (Wildman–Crippen LogP) is 1.20. The summed E-state index contributed by atoms with van der Waals surface area (Å²) in [4.78, 5) is 3.99. The second kappa shape index (κ2) is 4.39. The van der Waals surface area contributed by atoms with E-state index in [-0.39, 0.29) is 5.03 Å². The highest BCUT2D eigenvalue weighted by Gasteiger charge is 2.23. The molecule has 0 aliphatic heterocycles. The molecule has 1 rings (SSSR count). The van der Waals surface area contributed by atoms with Crippen LogP contribution in [0.25, 0.3) is 0 Å². The van der Waals surface area contributed by atoms with E-state index in [4.69, 9.17) is 0 Å². The number of hydrogen-bond donors (Lipinski definition) is 2. The van der Waals surface area contributed by atoms with Crippen molar-refractivity contribution in [3.63, 3.8) is 0 Å². The van der Waals surface area contributed by atoms with Crippen molar-refractivity contribution >= 4 is 15.8 Å². The molecule has 0 saturated carbocycles. The van der Waals surface area contributed by atoms with E-state index in [0.29, 0.717) is 5.82 Å². The molecule has 90 valence electrons. The largest absolute Gasteiger partial charge is 0.373 e. The van der Waals surface area contributed by atoms with E-state index in [1.807, 2.05) is 0 Å². The third kappa shape index (κ3) is 3.46. The number of hydrogen-bond acceptors (Lipinski definition) is 4. The highest BCUT2D eigenvalue weighted by atomic mass is 32.2. The molecule has 0 unspecified atom stereocenters. The van der Waals surface area contributed by atoms with E-state index in [9.17, 15) is 8.42 Å². The summed E-state index contributed by atoms with van der Waals surface area (Å²) in [6.45, 7) is 5.35. The third-order valence-corrected chi connectivity index (χ3v) is 3.35. The van der Waals surface area contributed by atoms with Gasteiger partial charge in [-0.2, -0.15) is 0 Å². The second-order valence-electron chi connectivity index (χ2n) is 4.47. The molecule has 0 saturated heterocycles. The van der Waals surface area contributed by atoms with E-state index in [2.05, 4.69) is 15.0 Å². The molecular weight excluding hydrogens is 226 g/mol. The first kappa shape index (κ1) is 12.9. The smallest absolute Gasteiger partial charge is 0.258 e. The molecule has 1 heterocycles. The molecule has 0 bridgehead atoms. The molecule has 1 aromatic rings. The zero-order valence-electron chi connectivity index (χ0n) is 9.90. The van der Waals surface area contributed by atoms with Crippen molar-refractivity contribution in [2.45, 2.75) is 31.3 Å². The van der Waals surface area contributed by atoms with Gasteiger partial charge in [-0.15, -0.1) is 0 Å².